The highest BCUT2D eigenvalue weighted by molar-refractivity contribution is 5.75. The van der Waals surface area contributed by atoms with E-state index in [-0.39, 0.29) is 37.0 Å². The lowest BCUT2D eigenvalue weighted by Crippen LogP contribution is -2.56. The van der Waals surface area contributed by atoms with E-state index in [1.165, 1.54) is 19.7 Å². The van der Waals surface area contributed by atoms with Crippen molar-refractivity contribution in [2.45, 2.75) is 96.1 Å². The first-order chi connectivity index (χ1) is 20.1. The van der Waals surface area contributed by atoms with Crippen LogP contribution in [0.4, 0.5) is 27.2 Å². The number of rotatable bonds is 4. The van der Waals surface area contributed by atoms with Gasteiger partial charge in [-0.25, -0.2) is 36.7 Å². The summed E-state index contributed by atoms with van der Waals surface area (Å²) in [5.74, 6) is -4.93. The third-order valence-electron chi connectivity index (χ3n) is 7.23. The molecule has 2 N–H and O–H groups in total. The molecule has 238 valence electrons. The van der Waals surface area contributed by atoms with Crippen molar-refractivity contribution in [3.05, 3.63) is 29.7 Å². The van der Waals surface area contributed by atoms with Gasteiger partial charge in [-0.1, -0.05) is 6.42 Å². The highest BCUT2D eigenvalue weighted by atomic mass is 19.3. The molecule has 1 saturated heterocycles. The number of alkyl halides is 4. The molecule has 2 aromatic rings. The van der Waals surface area contributed by atoms with Gasteiger partial charge in [0.25, 0.3) is 5.92 Å². The summed E-state index contributed by atoms with van der Waals surface area (Å²) >= 11 is 0. The number of nitrogens with one attached hydrogen (secondary N) is 2. The number of imidazole rings is 1. The van der Waals surface area contributed by atoms with Crippen LogP contribution in [0.15, 0.2) is 18.5 Å². The predicted molar refractivity (Wildman–Crippen MR) is 151 cm³/mol. The van der Waals surface area contributed by atoms with E-state index in [2.05, 4.69) is 26.8 Å². The van der Waals surface area contributed by atoms with Crippen LogP contribution >= 0.6 is 0 Å². The van der Waals surface area contributed by atoms with Crippen LogP contribution < -0.4 is 10.6 Å². The number of nitrogens with zero attached hydrogens (tertiary/aromatic N) is 5. The van der Waals surface area contributed by atoms with Gasteiger partial charge in [0, 0.05) is 32.4 Å². The summed E-state index contributed by atoms with van der Waals surface area (Å²) in [6.07, 6.45) is 7.83. The van der Waals surface area contributed by atoms with Crippen LogP contribution in [0.5, 0.6) is 0 Å². The zero-order valence-electron chi connectivity index (χ0n) is 25.1. The van der Waals surface area contributed by atoms with E-state index in [4.69, 9.17) is 10.00 Å². The Kier molecular flexibility index (Phi) is 11.2. The molecule has 0 atom stereocenters. The molecule has 3 heterocycles. The number of amides is 3. The fourth-order valence-corrected chi connectivity index (χ4v) is 4.69. The largest absolute Gasteiger partial charge is 0.444 e. The zero-order chi connectivity index (χ0) is 31.8. The minimum absolute atomic E-state index is 0.00479. The van der Waals surface area contributed by atoms with Gasteiger partial charge in [0.15, 0.2) is 5.65 Å². The van der Waals surface area contributed by atoms with E-state index in [9.17, 15) is 27.2 Å². The first kappa shape index (κ1) is 33.9. The maximum absolute atomic E-state index is 13.5. The third-order valence-corrected chi connectivity index (χ3v) is 7.23. The zero-order valence-corrected chi connectivity index (χ0v) is 25.1. The number of ether oxygens (including phenoxy) is 1. The van der Waals surface area contributed by atoms with E-state index < -0.39 is 31.0 Å². The van der Waals surface area contributed by atoms with E-state index in [1.807, 2.05) is 20.8 Å². The highest BCUT2D eigenvalue weighted by Crippen LogP contribution is 2.37. The van der Waals surface area contributed by atoms with Crippen LogP contribution in [-0.2, 0) is 17.7 Å². The fourth-order valence-electron chi connectivity index (χ4n) is 4.69. The second-order valence-electron chi connectivity index (χ2n) is 12.3. The molecule has 5 rings (SSSR count). The van der Waals surface area contributed by atoms with Crippen LogP contribution in [-0.4, -0.2) is 69.2 Å². The number of nitriles is 1. The number of carbonyl (C=O) groups is 2. The Bertz CT molecular complexity index is 1280. The van der Waals surface area contributed by atoms with Gasteiger partial charge in [0.2, 0.25) is 5.92 Å². The van der Waals surface area contributed by atoms with Crippen molar-refractivity contribution < 1.29 is 31.9 Å². The number of fused-ring (bicyclic) bond motifs is 1. The van der Waals surface area contributed by atoms with E-state index in [1.54, 1.807) is 16.8 Å². The van der Waals surface area contributed by atoms with Crippen LogP contribution in [0.1, 0.15) is 77.0 Å². The molecular formula is C29H41F4N7O3. The van der Waals surface area contributed by atoms with Gasteiger partial charge < -0.3 is 20.3 Å². The first-order valence-corrected chi connectivity index (χ1v) is 14.5. The fraction of sp³-hybridized carbons (Fsp3) is 0.690. The quantitative estimate of drug-likeness (QED) is 0.427. The molecule has 0 spiro atoms. The Labute approximate surface area is 249 Å². The third kappa shape index (κ3) is 11.2. The molecular weight excluding hydrogens is 570 g/mol. The standard InChI is InChI=1S/C18H21F4N5O.C6H13NO2.C5H7N/c19-17(20)3-1-12(2-4-17)5-14-9-27-15(25-14)6-13(7-24-27)8-26-11-18(21,22)10-23-16(26)28;1-6(2,3)9-5(8)7-4;6-4-5-2-1-3-5/h6-7,9,12H,1-5,8,10-11H2,(H,23,28);1-4H3,(H,7,8);5H,1-3H2. The lowest BCUT2D eigenvalue weighted by Gasteiger charge is -2.32. The maximum atomic E-state index is 13.5. The summed E-state index contributed by atoms with van der Waals surface area (Å²) in [5, 5.41) is 16.9. The van der Waals surface area contributed by atoms with Crippen molar-refractivity contribution in [1.82, 2.24) is 30.1 Å². The van der Waals surface area contributed by atoms with E-state index in [0.717, 1.165) is 23.4 Å². The summed E-state index contributed by atoms with van der Waals surface area (Å²) in [6, 6.07) is 3.36. The average Bonchev–Trinajstić information content (AvgIpc) is 3.28. The van der Waals surface area contributed by atoms with Crippen LogP contribution in [0.2, 0.25) is 0 Å². The molecule has 3 fully saturated rings. The van der Waals surface area contributed by atoms with Gasteiger partial charge in [-0.3, -0.25) is 0 Å². The first-order valence-electron chi connectivity index (χ1n) is 14.5. The topological polar surface area (TPSA) is 125 Å². The Hall–Kier alpha value is -3.63. The predicted octanol–water partition coefficient (Wildman–Crippen LogP) is 5.71. The Balaban J connectivity index is 0.000000277. The number of urea groups is 1. The summed E-state index contributed by atoms with van der Waals surface area (Å²) < 4.78 is 60.0. The molecule has 3 aliphatic rings. The van der Waals surface area contributed by atoms with Crippen LogP contribution in [0, 0.1) is 23.2 Å². The number of hydrogen-bond donors (Lipinski definition) is 2. The maximum Gasteiger partial charge on any atom is 0.407 e. The van der Waals surface area contributed by atoms with Gasteiger partial charge in [-0.2, -0.15) is 10.4 Å². The molecule has 2 saturated carbocycles. The van der Waals surface area contributed by atoms with Crippen molar-refractivity contribution in [2.24, 2.45) is 11.8 Å². The molecule has 14 heteroatoms. The summed E-state index contributed by atoms with van der Waals surface area (Å²) in [4.78, 5) is 27.8. The van der Waals surface area contributed by atoms with E-state index >= 15 is 0 Å². The Morgan fingerprint density at radius 2 is 1.86 bits per heavy atom. The molecule has 3 amide bonds. The SMILES string of the molecule is CNC(=O)OC(C)(C)C.N#CC1CCC1.O=C1NCC(F)(F)CN1Cc1cnn2cc(CC3CCC(F)(F)CC3)nc2c1. The monoisotopic (exact) mass is 611 g/mol. The molecule has 2 aliphatic carbocycles. The lowest BCUT2D eigenvalue weighted by atomic mass is 9.84. The Morgan fingerprint density at radius 3 is 2.37 bits per heavy atom. The van der Waals surface area contributed by atoms with Crippen molar-refractivity contribution in [3.63, 3.8) is 0 Å². The van der Waals surface area contributed by atoms with Crippen molar-refractivity contribution in [3.8, 4) is 6.07 Å². The van der Waals surface area contributed by atoms with Gasteiger partial charge in [0.1, 0.15) is 5.60 Å². The molecule has 1 aliphatic heterocycles. The van der Waals surface area contributed by atoms with Crippen LogP contribution in [0.3, 0.4) is 0 Å². The number of alkyl carbamates (subject to hydrolysis) is 1. The molecule has 0 unspecified atom stereocenters. The van der Waals surface area contributed by atoms with Crippen molar-refractivity contribution >= 4 is 17.8 Å². The summed E-state index contributed by atoms with van der Waals surface area (Å²) in [6.45, 7) is 4.17. The number of aromatic nitrogens is 3. The molecule has 10 nitrogen and oxygen atoms in total. The molecule has 2 aromatic heterocycles. The average molecular weight is 612 g/mol. The molecule has 0 radical (unpaired) electrons. The van der Waals surface area contributed by atoms with Gasteiger partial charge in [0.05, 0.1) is 37.2 Å². The van der Waals surface area contributed by atoms with Gasteiger partial charge >= 0.3 is 12.1 Å². The smallest absolute Gasteiger partial charge is 0.407 e. The van der Waals surface area contributed by atoms with Gasteiger partial charge in [-0.15, -0.1) is 0 Å². The normalized spacial score (nSPS) is 19.9. The van der Waals surface area contributed by atoms with Crippen molar-refractivity contribution in [1.29, 1.82) is 5.26 Å². The number of hydrogen-bond acceptors (Lipinski definition) is 6. The second kappa shape index (κ2) is 14.2. The van der Waals surface area contributed by atoms with Crippen LogP contribution in [0.25, 0.3) is 5.65 Å². The number of halogens is 4. The van der Waals surface area contributed by atoms with E-state index in [0.29, 0.717) is 36.4 Å². The highest BCUT2D eigenvalue weighted by Gasteiger charge is 2.39. The molecule has 43 heavy (non-hydrogen) atoms. The van der Waals surface area contributed by atoms with Gasteiger partial charge in [-0.05, 0) is 70.4 Å². The second-order valence-corrected chi connectivity index (χ2v) is 12.3. The minimum Gasteiger partial charge on any atom is -0.444 e. The Morgan fingerprint density at radius 1 is 1.19 bits per heavy atom. The summed E-state index contributed by atoms with van der Waals surface area (Å²) in [7, 11) is 1.54. The molecule has 0 bridgehead atoms. The molecule has 0 aromatic carbocycles. The summed E-state index contributed by atoms with van der Waals surface area (Å²) in [5.41, 5.74) is 1.51. The van der Waals surface area contributed by atoms with Crippen molar-refractivity contribution in [2.75, 3.05) is 20.1 Å². The lowest BCUT2D eigenvalue weighted by molar-refractivity contribution is -0.0457. The minimum atomic E-state index is -2.97. The number of carbonyl (C=O) groups excluding carboxylic acids is 2.